The second kappa shape index (κ2) is 3.59. The molecule has 0 atom stereocenters. The summed E-state index contributed by atoms with van der Waals surface area (Å²) in [5.74, 6) is 0.0466. The summed E-state index contributed by atoms with van der Waals surface area (Å²) >= 11 is 1.47. The van der Waals surface area contributed by atoms with Gasteiger partial charge in [-0.1, -0.05) is 0 Å². The number of aliphatic hydroxyl groups is 1. The average molecular weight is 171 g/mol. The third-order valence-corrected chi connectivity index (χ3v) is 1.93. The minimum absolute atomic E-state index is 0.0466. The van der Waals surface area contributed by atoms with Crippen molar-refractivity contribution in [1.29, 1.82) is 0 Å². The van der Waals surface area contributed by atoms with Gasteiger partial charge < -0.3 is 10.2 Å². The first-order valence-electron chi connectivity index (χ1n) is 3.11. The molecule has 60 valence electrons. The summed E-state index contributed by atoms with van der Waals surface area (Å²) in [6.07, 6.45) is 1.89. The third kappa shape index (κ3) is 1.85. The number of rotatable bonds is 2. The molecule has 0 aliphatic carbocycles. The Morgan fingerprint density at radius 1 is 1.55 bits per heavy atom. The monoisotopic (exact) mass is 171 g/mol. The molecule has 0 radical (unpaired) electrons. The van der Waals surface area contributed by atoms with Crippen LogP contribution in [0, 0.1) is 0 Å². The van der Waals surface area contributed by atoms with Crippen molar-refractivity contribution in [1.82, 2.24) is 4.98 Å². The largest absolute Gasteiger partial charge is 0.506 e. The summed E-state index contributed by atoms with van der Waals surface area (Å²) in [6.45, 7) is -0.222. The summed E-state index contributed by atoms with van der Waals surface area (Å²) < 4.78 is 0. The molecule has 1 aromatic heterocycles. The molecule has 0 saturated carbocycles. The predicted octanol–water partition coefficient (Wildman–Crippen LogP) is 1.00. The second-order valence-corrected chi connectivity index (χ2v) is 2.80. The smallest absolute Gasteiger partial charge is 0.139 e. The van der Waals surface area contributed by atoms with E-state index < -0.39 is 0 Å². The Kier molecular flexibility index (Phi) is 2.73. The number of pyridine rings is 1. The van der Waals surface area contributed by atoms with Crippen LogP contribution >= 0.6 is 11.8 Å². The van der Waals surface area contributed by atoms with Crippen molar-refractivity contribution in [3.05, 3.63) is 17.8 Å². The third-order valence-electron chi connectivity index (χ3n) is 1.28. The molecule has 0 amide bonds. The number of aromatic hydroxyl groups is 1. The number of hydrogen-bond acceptors (Lipinski definition) is 4. The Hall–Kier alpha value is -0.740. The maximum absolute atomic E-state index is 9.10. The molecule has 0 bridgehead atoms. The highest BCUT2D eigenvalue weighted by molar-refractivity contribution is 7.98. The highest BCUT2D eigenvalue weighted by atomic mass is 32.2. The molecule has 0 aliphatic heterocycles. The van der Waals surface area contributed by atoms with Crippen LogP contribution in [0.25, 0.3) is 0 Å². The molecule has 0 unspecified atom stereocenters. The molecule has 3 nitrogen and oxygen atoms in total. The molecular formula is C7H9NO2S. The first kappa shape index (κ1) is 8.36. The van der Waals surface area contributed by atoms with E-state index in [0.717, 1.165) is 5.03 Å². The Morgan fingerprint density at radius 2 is 2.27 bits per heavy atom. The first-order valence-corrected chi connectivity index (χ1v) is 4.34. The van der Waals surface area contributed by atoms with Gasteiger partial charge in [0.25, 0.3) is 0 Å². The van der Waals surface area contributed by atoms with Gasteiger partial charge in [0.05, 0.1) is 11.6 Å². The fraction of sp³-hybridized carbons (Fsp3) is 0.286. The fourth-order valence-electron chi connectivity index (χ4n) is 0.704. The molecule has 11 heavy (non-hydrogen) atoms. The SMILES string of the molecule is CSc1ccc(O)c(CO)n1. The highest BCUT2D eigenvalue weighted by Crippen LogP contribution is 2.19. The number of aromatic nitrogens is 1. The van der Waals surface area contributed by atoms with E-state index in [1.807, 2.05) is 6.26 Å². The number of thioether (sulfide) groups is 1. The zero-order chi connectivity index (χ0) is 8.27. The van der Waals surface area contributed by atoms with E-state index in [-0.39, 0.29) is 12.4 Å². The molecule has 2 N–H and O–H groups in total. The molecule has 4 heteroatoms. The van der Waals surface area contributed by atoms with Gasteiger partial charge in [-0.15, -0.1) is 11.8 Å². The number of nitrogens with zero attached hydrogens (tertiary/aromatic N) is 1. The van der Waals surface area contributed by atoms with Crippen LogP contribution in [0.4, 0.5) is 0 Å². The lowest BCUT2D eigenvalue weighted by molar-refractivity contribution is 0.269. The Labute approximate surface area is 69.1 Å². The molecular weight excluding hydrogens is 162 g/mol. The van der Waals surface area contributed by atoms with E-state index in [9.17, 15) is 0 Å². The molecule has 1 heterocycles. The summed E-state index contributed by atoms with van der Waals surface area (Å²) in [7, 11) is 0. The van der Waals surface area contributed by atoms with Crippen LogP contribution in [0.2, 0.25) is 0 Å². The molecule has 1 aromatic rings. The average Bonchev–Trinajstić information content (AvgIpc) is 2.05. The standard InChI is InChI=1S/C7H9NO2S/c1-11-7-3-2-6(10)5(4-9)8-7/h2-3,9-10H,4H2,1H3. The second-order valence-electron chi connectivity index (χ2n) is 1.98. The van der Waals surface area contributed by atoms with Gasteiger partial charge in [0.1, 0.15) is 11.4 Å². The van der Waals surface area contributed by atoms with Crippen LogP contribution in [0.15, 0.2) is 17.2 Å². The molecule has 1 rings (SSSR count). The van der Waals surface area contributed by atoms with Gasteiger partial charge in [0, 0.05) is 0 Å². The molecule has 0 aliphatic rings. The van der Waals surface area contributed by atoms with Gasteiger partial charge in [-0.2, -0.15) is 0 Å². The number of aliphatic hydroxyl groups excluding tert-OH is 1. The van der Waals surface area contributed by atoms with Crippen molar-refractivity contribution in [2.45, 2.75) is 11.6 Å². The van der Waals surface area contributed by atoms with Gasteiger partial charge in [-0.3, -0.25) is 0 Å². The Morgan fingerprint density at radius 3 is 2.82 bits per heavy atom. The van der Waals surface area contributed by atoms with Crippen LogP contribution < -0.4 is 0 Å². The van der Waals surface area contributed by atoms with E-state index in [0.29, 0.717) is 5.69 Å². The van der Waals surface area contributed by atoms with Gasteiger partial charge in [-0.05, 0) is 18.4 Å². The topological polar surface area (TPSA) is 53.4 Å². The summed E-state index contributed by atoms with van der Waals surface area (Å²) in [5, 5.41) is 18.6. The lowest BCUT2D eigenvalue weighted by Gasteiger charge is -2.00. The maximum Gasteiger partial charge on any atom is 0.139 e. The summed E-state index contributed by atoms with van der Waals surface area (Å²) in [5.41, 5.74) is 0.330. The summed E-state index contributed by atoms with van der Waals surface area (Å²) in [6, 6.07) is 3.24. The van der Waals surface area contributed by atoms with E-state index in [2.05, 4.69) is 4.98 Å². The Bertz CT molecular complexity index is 252. The van der Waals surface area contributed by atoms with Crippen molar-refractivity contribution in [2.24, 2.45) is 0 Å². The zero-order valence-corrected chi connectivity index (χ0v) is 6.93. The van der Waals surface area contributed by atoms with Crippen molar-refractivity contribution in [3.8, 4) is 5.75 Å². The van der Waals surface area contributed by atoms with Crippen molar-refractivity contribution < 1.29 is 10.2 Å². The quantitative estimate of drug-likeness (QED) is 0.652. The number of hydrogen-bond donors (Lipinski definition) is 2. The molecule has 0 fully saturated rings. The zero-order valence-electron chi connectivity index (χ0n) is 6.11. The fourth-order valence-corrected chi connectivity index (χ4v) is 1.11. The van der Waals surface area contributed by atoms with Crippen molar-refractivity contribution >= 4 is 11.8 Å². The normalized spacial score (nSPS) is 10.0. The lowest BCUT2D eigenvalue weighted by Crippen LogP contribution is -1.90. The highest BCUT2D eigenvalue weighted by Gasteiger charge is 2.01. The van der Waals surface area contributed by atoms with Crippen LogP contribution in [-0.2, 0) is 6.61 Å². The van der Waals surface area contributed by atoms with E-state index in [4.69, 9.17) is 10.2 Å². The van der Waals surface area contributed by atoms with Gasteiger partial charge in [0.15, 0.2) is 0 Å². The molecule has 0 aromatic carbocycles. The van der Waals surface area contributed by atoms with E-state index in [1.165, 1.54) is 17.8 Å². The van der Waals surface area contributed by atoms with E-state index in [1.54, 1.807) is 6.07 Å². The predicted molar refractivity (Wildman–Crippen MR) is 43.6 cm³/mol. The van der Waals surface area contributed by atoms with Crippen LogP contribution in [0.1, 0.15) is 5.69 Å². The Balaban J connectivity index is 3.02. The van der Waals surface area contributed by atoms with Crippen LogP contribution in [-0.4, -0.2) is 21.5 Å². The minimum atomic E-state index is -0.222. The first-order chi connectivity index (χ1) is 5.27. The van der Waals surface area contributed by atoms with Crippen molar-refractivity contribution in [3.63, 3.8) is 0 Å². The maximum atomic E-state index is 9.10. The molecule has 0 saturated heterocycles. The van der Waals surface area contributed by atoms with Crippen molar-refractivity contribution in [2.75, 3.05) is 6.26 Å². The van der Waals surface area contributed by atoms with Gasteiger partial charge in [0.2, 0.25) is 0 Å². The summed E-state index contributed by atoms with van der Waals surface area (Å²) in [4.78, 5) is 3.97. The van der Waals surface area contributed by atoms with Gasteiger partial charge in [-0.25, -0.2) is 4.98 Å². The van der Waals surface area contributed by atoms with Crippen LogP contribution in [0.3, 0.4) is 0 Å². The minimum Gasteiger partial charge on any atom is -0.506 e. The van der Waals surface area contributed by atoms with E-state index >= 15 is 0 Å². The molecule has 0 spiro atoms. The van der Waals surface area contributed by atoms with Gasteiger partial charge >= 0.3 is 0 Å². The lowest BCUT2D eigenvalue weighted by atomic mass is 10.3. The van der Waals surface area contributed by atoms with Crippen LogP contribution in [0.5, 0.6) is 5.75 Å².